The van der Waals surface area contributed by atoms with Crippen LogP contribution in [0, 0.1) is 0 Å². The quantitative estimate of drug-likeness (QED) is 0.127. The maximum absolute atomic E-state index is 15.2. The topological polar surface area (TPSA) is 142 Å². The van der Waals surface area contributed by atoms with Crippen LogP contribution in [0.1, 0.15) is 54.6 Å². The number of aromatic amines is 1. The number of ketones is 1. The molecule has 2 fully saturated rings. The summed E-state index contributed by atoms with van der Waals surface area (Å²) in [5, 5.41) is 6.47. The van der Waals surface area contributed by atoms with E-state index in [1.54, 1.807) is 6.20 Å². The Morgan fingerprint density at radius 3 is 2.74 bits per heavy atom. The van der Waals surface area contributed by atoms with Gasteiger partial charge in [0.25, 0.3) is 0 Å². The van der Waals surface area contributed by atoms with Crippen LogP contribution >= 0.6 is 0 Å². The summed E-state index contributed by atoms with van der Waals surface area (Å²) in [6.45, 7) is 5.02. The number of sulfone groups is 1. The van der Waals surface area contributed by atoms with Crippen molar-refractivity contribution in [2.75, 3.05) is 22.1 Å². The summed E-state index contributed by atoms with van der Waals surface area (Å²) >= 11 is 0. The van der Waals surface area contributed by atoms with E-state index in [0.29, 0.717) is 41.3 Å². The molecule has 0 spiro atoms. The maximum Gasteiger partial charge on any atom is 0.221 e. The molecule has 10 nitrogen and oxygen atoms in total. The monoisotopic (exact) mass is 537 g/mol. The van der Waals surface area contributed by atoms with Gasteiger partial charge in [0.2, 0.25) is 5.95 Å². The highest BCUT2D eigenvalue weighted by atomic mass is 32.2. The number of H-pyrrole nitrogens is 1. The van der Waals surface area contributed by atoms with Crippen LogP contribution in [0.15, 0.2) is 60.0 Å². The van der Waals surface area contributed by atoms with Crippen molar-refractivity contribution in [2.45, 2.75) is 44.6 Å². The van der Waals surface area contributed by atoms with Gasteiger partial charge in [0, 0.05) is 23.9 Å². The van der Waals surface area contributed by atoms with Crippen LogP contribution in [0.2, 0.25) is 0 Å². The van der Waals surface area contributed by atoms with Gasteiger partial charge in [-0.05, 0) is 50.8 Å². The summed E-state index contributed by atoms with van der Waals surface area (Å²) in [7, 11) is -3.15. The minimum absolute atomic E-state index is 0.0232. The molecule has 3 aromatic rings. The average Bonchev–Trinajstić information content (AvgIpc) is 3.65. The molecule has 0 radical (unpaired) electrons. The lowest BCUT2D eigenvalue weighted by Crippen LogP contribution is -2.35. The molecule has 3 aromatic heterocycles. The number of nitrogens with one attached hydrogen (secondary N) is 3. The van der Waals surface area contributed by atoms with Gasteiger partial charge in [-0.3, -0.25) is 9.78 Å². The van der Waals surface area contributed by atoms with Crippen LogP contribution in [-0.4, -0.2) is 57.5 Å². The third-order valence-electron chi connectivity index (χ3n) is 6.63. The van der Waals surface area contributed by atoms with E-state index in [0.717, 1.165) is 18.5 Å². The zero-order valence-corrected chi connectivity index (χ0v) is 21.7. The number of hydrogen-bond acceptors (Lipinski definition) is 8. The molecular weight excluding hydrogens is 509 g/mol. The van der Waals surface area contributed by atoms with E-state index in [-0.39, 0.29) is 34.5 Å². The summed E-state index contributed by atoms with van der Waals surface area (Å²) in [4.78, 5) is 33.0. The second kappa shape index (κ2) is 10.4. The number of hydrogen-bond donors (Lipinski definition) is 3. The first-order chi connectivity index (χ1) is 18.2. The van der Waals surface area contributed by atoms with Crippen molar-refractivity contribution >= 4 is 44.0 Å². The van der Waals surface area contributed by atoms with Crippen LogP contribution in [0.5, 0.6) is 0 Å². The molecule has 0 bridgehead atoms. The van der Waals surface area contributed by atoms with Crippen LogP contribution < -0.4 is 10.6 Å². The van der Waals surface area contributed by atoms with Gasteiger partial charge in [-0.2, -0.15) is 4.39 Å². The predicted molar refractivity (Wildman–Crippen MR) is 145 cm³/mol. The van der Waals surface area contributed by atoms with Gasteiger partial charge in [-0.25, -0.2) is 23.4 Å². The fourth-order valence-electron chi connectivity index (χ4n) is 4.44. The van der Waals surface area contributed by atoms with Gasteiger partial charge in [0.05, 0.1) is 39.9 Å². The first kappa shape index (κ1) is 25.7. The van der Waals surface area contributed by atoms with Gasteiger partial charge in [0.1, 0.15) is 23.6 Å². The summed E-state index contributed by atoms with van der Waals surface area (Å²) < 4.78 is 39.3. The molecule has 198 valence electrons. The van der Waals surface area contributed by atoms with Gasteiger partial charge in [-0.1, -0.05) is 6.58 Å². The summed E-state index contributed by atoms with van der Waals surface area (Å²) in [6.07, 6.45) is 9.24. The number of rotatable bonds is 8. The fourth-order valence-corrected chi connectivity index (χ4v) is 6.08. The van der Waals surface area contributed by atoms with E-state index < -0.39 is 21.6 Å². The molecule has 5 rings (SSSR count). The van der Waals surface area contributed by atoms with E-state index in [2.05, 4.69) is 42.1 Å². The summed E-state index contributed by atoms with van der Waals surface area (Å²) in [5.74, 6) is -0.486. The highest BCUT2D eigenvalue weighted by Crippen LogP contribution is 2.39. The van der Waals surface area contributed by atoms with Gasteiger partial charge < -0.3 is 15.6 Å². The van der Waals surface area contributed by atoms with Gasteiger partial charge in [0.15, 0.2) is 15.6 Å². The predicted octanol–water partition coefficient (Wildman–Crippen LogP) is 4.30. The molecule has 1 atom stereocenters. The van der Waals surface area contributed by atoms with Crippen molar-refractivity contribution in [2.24, 2.45) is 4.99 Å². The standard InChI is InChI=1S/C26H28FN7O3S/c1-3-21(32-17-8-9-20(28-11-17)16-6-7-16)34-24(27)15(2)23(35)19-12-29-25-22(19)26(31-14-30-25)33-18-5-4-10-38(36,37)13-18/h3,8-9,11-12,14,16,18H,1,4-7,10,13H2,2H3,(H,32,34)(H2,29,30,31,33)/b24-15+. The fraction of sp³-hybridized carbons (Fsp3) is 0.346. The Hall–Kier alpha value is -3.93. The van der Waals surface area contributed by atoms with Crippen LogP contribution in [0.4, 0.5) is 15.9 Å². The van der Waals surface area contributed by atoms with Crippen molar-refractivity contribution < 1.29 is 17.6 Å². The van der Waals surface area contributed by atoms with Crippen LogP contribution in [-0.2, 0) is 9.84 Å². The van der Waals surface area contributed by atoms with Gasteiger partial charge in [-0.15, -0.1) is 0 Å². The lowest BCUT2D eigenvalue weighted by Gasteiger charge is -2.23. The zero-order valence-electron chi connectivity index (χ0n) is 20.9. The van der Waals surface area contributed by atoms with Crippen molar-refractivity contribution in [3.05, 3.63) is 66.3 Å². The second-order valence-corrected chi connectivity index (χ2v) is 11.8. The number of fused-ring (bicyclic) bond motifs is 1. The zero-order chi connectivity index (χ0) is 26.9. The molecule has 12 heteroatoms. The smallest absolute Gasteiger partial charge is 0.221 e. The molecule has 4 heterocycles. The SMILES string of the molecule is C=C/C(=N\C(F)=C(/C)C(=O)c1c[nH]c2ncnc(NC3CCCS(=O)(=O)C3)c12)Nc1ccc(C2CC2)nc1. The Morgan fingerprint density at radius 2 is 2.05 bits per heavy atom. The van der Waals surface area contributed by atoms with E-state index in [9.17, 15) is 13.2 Å². The Bertz CT molecular complexity index is 1560. The number of aliphatic imine (C=N–C) groups is 1. The number of amidine groups is 1. The molecule has 38 heavy (non-hydrogen) atoms. The Balaban J connectivity index is 1.38. The third kappa shape index (κ3) is 5.64. The number of carbonyl (C=O) groups is 1. The Kier molecular flexibility index (Phi) is 7.06. The number of pyridine rings is 1. The largest absolute Gasteiger partial charge is 0.366 e. The first-order valence-electron chi connectivity index (χ1n) is 12.4. The number of aromatic nitrogens is 4. The molecule has 3 N–H and O–H groups in total. The lowest BCUT2D eigenvalue weighted by atomic mass is 10.1. The molecule has 1 aliphatic carbocycles. The third-order valence-corrected chi connectivity index (χ3v) is 8.46. The number of Topliss-reactive ketones (excluding diaryl/α,β-unsaturated/α-hetero) is 1. The van der Waals surface area contributed by atoms with Crippen molar-refractivity contribution in [1.82, 2.24) is 19.9 Å². The summed E-state index contributed by atoms with van der Waals surface area (Å²) in [6, 6.07) is 3.42. The molecule has 0 aromatic carbocycles. The van der Waals surface area contributed by atoms with Crippen molar-refractivity contribution in [1.29, 1.82) is 0 Å². The van der Waals surface area contributed by atoms with Crippen LogP contribution in [0.3, 0.4) is 0 Å². The van der Waals surface area contributed by atoms with E-state index in [1.807, 2.05) is 12.1 Å². The molecule has 1 saturated heterocycles. The van der Waals surface area contributed by atoms with E-state index in [4.69, 9.17) is 0 Å². The number of nitrogens with zero attached hydrogens (tertiary/aromatic N) is 4. The number of halogens is 1. The Morgan fingerprint density at radius 1 is 1.24 bits per heavy atom. The molecule has 1 aliphatic heterocycles. The minimum atomic E-state index is -3.15. The normalized spacial score (nSPS) is 20.1. The van der Waals surface area contributed by atoms with Crippen molar-refractivity contribution in [3.63, 3.8) is 0 Å². The minimum Gasteiger partial charge on any atom is -0.366 e. The highest BCUT2D eigenvalue weighted by Gasteiger charge is 2.27. The first-order valence-corrected chi connectivity index (χ1v) is 14.2. The second-order valence-electron chi connectivity index (χ2n) is 9.56. The maximum atomic E-state index is 15.2. The molecule has 2 aliphatic rings. The Labute approximate surface area is 219 Å². The summed E-state index contributed by atoms with van der Waals surface area (Å²) in [5.41, 5.74) is 1.96. The van der Waals surface area contributed by atoms with E-state index in [1.165, 1.54) is 25.5 Å². The number of allylic oxidation sites excluding steroid dienone is 1. The average molecular weight is 538 g/mol. The number of anilines is 2. The molecule has 0 amide bonds. The molecule has 1 saturated carbocycles. The number of carbonyl (C=O) groups excluding carboxylic acids is 1. The van der Waals surface area contributed by atoms with Crippen LogP contribution in [0.25, 0.3) is 11.0 Å². The molecular formula is C26H28FN7O3S. The van der Waals surface area contributed by atoms with E-state index >= 15 is 4.39 Å². The highest BCUT2D eigenvalue weighted by molar-refractivity contribution is 7.91. The van der Waals surface area contributed by atoms with Gasteiger partial charge >= 0.3 is 0 Å². The van der Waals surface area contributed by atoms with Crippen molar-refractivity contribution in [3.8, 4) is 0 Å². The molecule has 1 unspecified atom stereocenters. The lowest BCUT2D eigenvalue weighted by molar-refractivity contribution is 0.103.